The summed E-state index contributed by atoms with van der Waals surface area (Å²) < 4.78 is 0. The number of hydrogen-bond donors (Lipinski definition) is 1. The second kappa shape index (κ2) is 6.56. The lowest BCUT2D eigenvalue weighted by Crippen LogP contribution is -2.08. The average Bonchev–Trinajstić information content (AvgIpc) is 2.43. The van der Waals surface area contributed by atoms with Gasteiger partial charge in [-0.15, -0.1) is 0 Å². The Kier molecular flexibility index (Phi) is 4.99. The molecule has 0 aromatic heterocycles. The first-order chi connectivity index (χ1) is 9.88. The zero-order chi connectivity index (χ0) is 15.6. The fourth-order valence-electron chi connectivity index (χ4n) is 1.69. The largest absolute Gasteiger partial charge is 0.396 e. The Morgan fingerprint density at radius 3 is 2.14 bits per heavy atom. The maximum atomic E-state index is 6.24. The first-order valence-corrected chi connectivity index (χ1v) is 7.27. The number of aliphatic imine (C=N–C) groups is 1. The van der Waals surface area contributed by atoms with Gasteiger partial charge in [0.2, 0.25) is 0 Å². The van der Waals surface area contributed by atoms with Crippen LogP contribution in [-0.4, -0.2) is 20.3 Å². The second-order valence-electron chi connectivity index (χ2n) is 4.68. The lowest BCUT2D eigenvalue weighted by atomic mass is 10.2. The minimum absolute atomic E-state index is 0.352. The number of nitrogens with two attached hydrogens (primary N) is 1. The van der Waals surface area contributed by atoms with Crippen LogP contribution in [0.3, 0.4) is 0 Å². The number of rotatable bonds is 3. The summed E-state index contributed by atoms with van der Waals surface area (Å²) in [5.74, 6) is 0. The molecule has 0 aliphatic rings. The van der Waals surface area contributed by atoms with Gasteiger partial charge in [-0.05, 0) is 30.3 Å². The molecule has 0 saturated heterocycles. The van der Waals surface area contributed by atoms with Crippen LogP contribution in [0.25, 0.3) is 0 Å². The quantitative estimate of drug-likeness (QED) is 0.626. The van der Waals surface area contributed by atoms with Gasteiger partial charge in [0.05, 0.1) is 26.4 Å². The molecule has 3 nitrogen and oxygen atoms in total. The van der Waals surface area contributed by atoms with Crippen LogP contribution >= 0.6 is 34.8 Å². The van der Waals surface area contributed by atoms with Gasteiger partial charge >= 0.3 is 0 Å². The third-order valence-corrected chi connectivity index (χ3v) is 3.87. The van der Waals surface area contributed by atoms with Gasteiger partial charge in [-0.2, -0.15) is 0 Å². The number of hydrogen-bond acceptors (Lipinski definition) is 3. The Hall–Kier alpha value is -1.42. The summed E-state index contributed by atoms with van der Waals surface area (Å²) in [5.41, 5.74) is 8.49. The normalized spacial score (nSPS) is 11.1. The van der Waals surface area contributed by atoms with Crippen LogP contribution in [0.1, 0.15) is 5.56 Å². The predicted molar refractivity (Wildman–Crippen MR) is 93.9 cm³/mol. The number of nitrogens with zero attached hydrogens (tertiary/aromatic N) is 2. The number of nitrogen functional groups attached to an aromatic ring is 1. The molecule has 6 heteroatoms. The van der Waals surface area contributed by atoms with Crippen molar-refractivity contribution in [1.82, 2.24) is 0 Å². The highest BCUT2D eigenvalue weighted by atomic mass is 35.5. The topological polar surface area (TPSA) is 41.6 Å². The molecule has 0 atom stereocenters. The van der Waals surface area contributed by atoms with Crippen LogP contribution in [-0.2, 0) is 0 Å². The van der Waals surface area contributed by atoms with Crippen LogP contribution in [0.5, 0.6) is 0 Å². The summed E-state index contributed by atoms with van der Waals surface area (Å²) in [7, 11) is 3.91. The Morgan fingerprint density at radius 2 is 1.62 bits per heavy atom. The van der Waals surface area contributed by atoms with E-state index in [0.29, 0.717) is 26.4 Å². The van der Waals surface area contributed by atoms with Gasteiger partial charge in [0, 0.05) is 31.6 Å². The van der Waals surface area contributed by atoms with E-state index in [2.05, 4.69) is 4.99 Å². The van der Waals surface area contributed by atoms with Crippen molar-refractivity contribution in [2.24, 2.45) is 4.99 Å². The molecule has 0 unspecified atom stereocenters. The molecule has 2 N–H and O–H groups in total. The van der Waals surface area contributed by atoms with E-state index in [9.17, 15) is 0 Å². The van der Waals surface area contributed by atoms with Gasteiger partial charge in [-0.3, -0.25) is 4.99 Å². The molecule has 2 rings (SSSR count). The summed E-state index contributed by atoms with van der Waals surface area (Å²) >= 11 is 18.2. The molecule has 110 valence electrons. The Morgan fingerprint density at radius 1 is 1.00 bits per heavy atom. The van der Waals surface area contributed by atoms with Gasteiger partial charge in [0.25, 0.3) is 0 Å². The van der Waals surface area contributed by atoms with E-state index in [4.69, 9.17) is 40.5 Å². The second-order valence-corrected chi connectivity index (χ2v) is 5.90. The molecule has 0 spiro atoms. The molecule has 21 heavy (non-hydrogen) atoms. The zero-order valence-electron chi connectivity index (χ0n) is 11.6. The molecule has 0 bridgehead atoms. The van der Waals surface area contributed by atoms with E-state index in [-0.39, 0.29) is 0 Å². The zero-order valence-corrected chi connectivity index (χ0v) is 13.8. The summed E-state index contributed by atoms with van der Waals surface area (Å²) in [4.78, 5) is 6.31. The number of halogens is 3. The monoisotopic (exact) mass is 341 g/mol. The molecule has 2 aromatic rings. The third-order valence-electron chi connectivity index (χ3n) is 2.92. The molecular weight excluding hydrogens is 329 g/mol. The first kappa shape index (κ1) is 16.0. The van der Waals surface area contributed by atoms with Gasteiger partial charge < -0.3 is 10.6 Å². The van der Waals surface area contributed by atoms with Crippen LogP contribution in [0.15, 0.2) is 35.3 Å². The lowest BCUT2D eigenvalue weighted by Gasteiger charge is -2.13. The molecule has 2 aromatic carbocycles. The van der Waals surface area contributed by atoms with Crippen molar-refractivity contribution in [3.63, 3.8) is 0 Å². The highest BCUT2D eigenvalue weighted by molar-refractivity contribution is 6.39. The van der Waals surface area contributed by atoms with E-state index in [0.717, 1.165) is 11.3 Å². The number of benzene rings is 2. The van der Waals surface area contributed by atoms with Crippen molar-refractivity contribution in [2.75, 3.05) is 24.7 Å². The Labute approximate surface area is 138 Å². The fourth-order valence-corrected chi connectivity index (χ4v) is 2.39. The molecule has 0 aliphatic carbocycles. The van der Waals surface area contributed by atoms with Gasteiger partial charge in [0.1, 0.15) is 0 Å². The maximum Gasteiger partial charge on any atom is 0.0694 e. The summed E-state index contributed by atoms with van der Waals surface area (Å²) in [6.45, 7) is 0. The first-order valence-electron chi connectivity index (χ1n) is 6.14. The van der Waals surface area contributed by atoms with Crippen LogP contribution in [0.4, 0.5) is 17.1 Å². The standard InChI is InChI=1S/C15H14Cl3N3/c1-21(2)11-4-3-9(12(16)7-11)8-20-10-5-13(17)15(19)14(18)6-10/h3-8H,19H2,1-2H3. The summed E-state index contributed by atoms with van der Waals surface area (Å²) in [6, 6.07) is 9.06. The molecular formula is C15H14Cl3N3. The van der Waals surface area contributed by atoms with Crippen molar-refractivity contribution in [3.05, 3.63) is 51.0 Å². The minimum Gasteiger partial charge on any atom is -0.396 e. The summed E-state index contributed by atoms with van der Waals surface area (Å²) in [6.07, 6.45) is 1.67. The van der Waals surface area contributed by atoms with Crippen molar-refractivity contribution in [3.8, 4) is 0 Å². The van der Waals surface area contributed by atoms with Crippen molar-refractivity contribution in [1.29, 1.82) is 0 Å². The smallest absolute Gasteiger partial charge is 0.0694 e. The van der Waals surface area contributed by atoms with Gasteiger partial charge in [-0.1, -0.05) is 34.8 Å². The van der Waals surface area contributed by atoms with Gasteiger partial charge in [-0.25, -0.2) is 0 Å². The van der Waals surface area contributed by atoms with E-state index in [1.165, 1.54) is 0 Å². The molecule has 0 heterocycles. The lowest BCUT2D eigenvalue weighted by molar-refractivity contribution is 1.13. The van der Waals surface area contributed by atoms with Gasteiger partial charge in [0.15, 0.2) is 0 Å². The van der Waals surface area contributed by atoms with Crippen LogP contribution < -0.4 is 10.6 Å². The molecule has 0 amide bonds. The van der Waals surface area contributed by atoms with Crippen molar-refractivity contribution >= 4 is 58.1 Å². The van der Waals surface area contributed by atoms with Crippen molar-refractivity contribution in [2.45, 2.75) is 0 Å². The maximum absolute atomic E-state index is 6.24. The fraction of sp³-hybridized carbons (Fsp3) is 0.133. The predicted octanol–water partition coefficient (Wildman–Crippen LogP) is 5.05. The summed E-state index contributed by atoms with van der Waals surface area (Å²) in [5, 5.41) is 1.38. The molecule has 0 fully saturated rings. The van der Waals surface area contributed by atoms with E-state index in [1.807, 2.05) is 37.2 Å². The molecule has 0 saturated carbocycles. The van der Waals surface area contributed by atoms with E-state index < -0.39 is 0 Å². The Balaban J connectivity index is 2.29. The average molecular weight is 343 g/mol. The van der Waals surface area contributed by atoms with Crippen molar-refractivity contribution < 1.29 is 0 Å². The highest BCUT2D eigenvalue weighted by Crippen LogP contribution is 2.32. The molecule has 0 aliphatic heterocycles. The SMILES string of the molecule is CN(C)c1ccc(C=Nc2cc(Cl)c(N)c(Cl)c2)c(Cl)c1. The number of anilines is 2. The minimum atomic E-state index is 0.352. The highest BCUT2D eigenvalue weighted by Gasteiger charge is 2.05. The van der Waals surface area contributed by atoms with E-state index in [1.54, 1.807) is 18.3 Å². The van der Waals surface area contributed by atoms with E-state index >= 15 is 0 Å². The van der Waals surface area contributed by atoms with Crippen LogP contribution in [0.2, 0.25) is 15.1 Å². The third kappa shape index (κ3) is 3.82. The molecule has 0 radical (unpaired) electrons. The van der Waals surface area contributed by atoms with Crippen LogP contribution in [0, 0.1) is 0 Å². The Bertz CT molecular complexity index is 674.